The van der Waals surface area contributed by atoms with E-state index < -0.39 is 31.0 Å². The van der Waals surface area contributed by atoms with Crippen molar-refractivity contribution in [2.45, 2.75) is 49.1 Å². The van der Waals surface area contributed by atoms with Gasteiger partial charge in [-0.2, -0.15) is 0 Å². The lowest BCUT2D eigenvalue weighted by Gasteiger charge is -2.32. The lowest BCUT2D eigenvalue weighted by molar-refractivity contribution is -0.384. The van der Waals surface area contributed by atoms with Gasteiger partial charge in [0.25, 0.3) is 15.7 Å². The first kappa shape index (κ1) is 32.8. The number of ether oxygens (including phenoxy) is 1. The first-order chi connectivity index (χ1) is 21.0. The molecule has 0 heterocycles. The van der Waals surface area contributed by atoms with Crippen molar-refractivity contribution < 1.29 is 26.5 Å². The first-order valence-electron chi connectivity index (χ1n) is 14.0. The number of hydrogen-bond acceptors (Lipinski definition) is 7. The van der Waals surface area contributed by atoms with Crippen molar-refractivity contribution in [2.75, 3.05) is 17.5 Å². The molecule has 0 saturated heterocycles. The highest BCUT2D eigenvalue weighted by Crippen LogP contribution is 2.35. The standard InChI is InChI=1S/C32H35N3O7S2/c1-25-14-18-29(19-15-25)43(38,39)33-22-8-11-28(24-42-23-27-9-4-3-5-10-27)34(31-12-6-7-13-32(31)35(36)37)44(40,41)30-20-16-26(2)17-21-30/h3-7,9-10,12-21,28,33H,8,11,22-24H2,1-2H3. The Labute approximate surface area is 258 Å². The fourth-order valence-electron chi connectivity index (χ4n) is 4.65. The zero-order valence-electron chi connectivity index (χ0n) is 24.5. The number of hydrogen-bond donors (Lipinski definition) is 1. The summed E-state index contributed by atoms with van der Waals surface area (Å²) in [5.41, 5.74) is 2.16. The van der Waals surface area contributed by atoms with Crippen LogP contribution in [0, 0.1) is 24.0 Å². The van der Waals surface area contributed by atoms with Crippen LogP contribution in [0.1, 0.15) is 29.5 Å². The lowest BCUT2D eigenvalue weighted by Crippen LogP contribution is -2.44. The van der Waals surface area contributed by atoms with E-state index in [0.717, 1.165) is 21.0 Å². The fraction of sp³-hybridized carbons (Fsp3) is 0.250. The van der Waals surface area contributed by atoms with Crippen molar-refractivity contribution in [3.05, 3.63) is 130 Å². The van der Waals surface area contributed by atoms with Crippen LogP contribution in [0.4, 0.5) is 11.4 Å². The number of nitro benzene ring substituents is 1. The van der Waals surface area contributed by atoms with Gasteiger partial charge in [0, 0.05) is 12.6 Å². The van der Waals surface area contributed by atoms with Crippen LogP contribution in [0.5, 0.6) is 0 Å². The minimum Gasteiger partial charge on any atom is -0.375 e. The zero-order chi connectivity index (χ0) is 31.7. The van der Waals surface area contributed by atoms with Gasteiger partial charge >= 0.3 is 0 Å². The Hall–Kier alpha value is -4.10. The third kappa shape index (κ3) is 8.29. The fourth-order valence-corrected chi connectivity index (χ4v) is 7.40. The summed E-state index contributed by atoms with van der Waals surface area (Å²) in [5.74, 6) is 0. The molecule has 4 aromatic carbocycles. The largest absolute Gasteiger partial charge is 0.375 e. The number of aryl methyl sites for hydroxylation is 2. The third-order valence-electron chi connectivity index (χ3n) is 6.98. The van der Waals surface area contributed by atoms with Gasteiger partial charge in [0.2, 0.25) is 10.0 Å². The molecule has 1 atom stereocenters. The van der Waals surface area contributed by atoms with Crippen molar-refractivity contribution in [3.8, 4) is 0 Å². The van der Waals surface area contributed by atoms with E-state index in [4.69, 9.17) is 4.74 Å². The van der Waals surface area contributed by atoms with E-state index in [1.807, 2.05) is 44.2 Å². The van der Waals surface area contributed by atoms with Crippen LogP contribution < -0.4 is 9.03 Å². The van der Waals surface area contributed by atoms with Crippen LogP contribution in [0.2, 0.25) is 0 Å². The van der Waals surface area contributed by atoms with Crippen molar-refractivity contribution in [1.29, 1.82) is 0 Å². The van der Waals surface area contributed by atoms with Gasteiger partial charge in [0.1, 0.15) is 5.69 Å². The minimum absolute atomic E-state index is 0.0146. The van der Waals surface area contributed by atoms with Crippen LogP contribution in [0.3, 0.4) is 0 Å². The number of rotatable bonds is 15. The van der Waals surface area contributed by atoms with Gasteiger partial charge in [-0.3, -0.25) is 14.4 Å². The summed E-state index contributed by atoms with van der Waals surface area (Å²) < 4.78 is 63.8. The van der Waals surface area contributed by atoms with E-state index in [1.165, 1.54) is 48.5 Å². The van der Waals surface area contributed by atoms with E-state index in [9.17, 15) is 26.9 Å². The second-order valence-corrected chi connectivity index (χ2v) is 13.9. The van der Waals surface area contributed by atoms with E-state index >= 15 is 0 Å². The van der Waals surface area contributed by atoms with Gasteiger partial charge in [-0.25, -0.2) is 21.6 Å². The molecule has 12 heteroatoms. The number of sulfonamides is 2. The molecule has 0 spiro atoms. The second kappa shape index (κ2) is 14.6. The quantitative estimate of drug-likeness (QED) is 0.0996. The highest BCUT2D eigenvalue weighted by atomic mass is 32.2. The molecule has 0 amide bonds. The molecular weight excluding hydrogens is 603 g/mol. The molecule has 4 aromatic rings. The molecule has 10 nitrogen and oxygen atoms in total. The van der Waals surface area contributed by atoms with Crippen LogP contribution >= 0.6 is 0 Å². The maximum absolute atomic E-state index is 14.2. The average Bonchev–Trinajstić information content (AvgIpc) is 3.00. The van der Waals surface area contributed by atoms with Gasteiger partial charge in [-0.05, 0) is 62.6 Å². The Morgan fingerprint density at radius 1 is 0.795 bits per heavy atom. The summed E-state index contributed by atoms with van der Waals surface area (Å²) in [5, 5.41) is 12.1. The monoisotopic (exact) mass is 637 g/mol. The average molecular weight is 638 g/mol. The van der Waals surface area contributed by atoms with Crippen LogP contribution in [0.15, 0.2) is 113 Å². The normalized spacial score (nSPS) is 12.5. The summed E-state index contributed by atoms with van der Waals surface area (Å²) in [7, 11) is -8.12. The number of nitrogens with one attached hydrogen (secondary N) is 1. The smallest absolute Gasteiger partial charge is 0.293 e. The number of anilines is 1. The number of benzene rings is 4. The Kier molecular flexibility index (Phi) is 10.9. The molecule has 4 rings (SSSR count). The van der Waals surface area contributed by atoms with Gasteiger partial charge in [-0.15, -0.1) is 0 Å². The molecule has 44 heavy (non-hydrogen) atoms. The highest BCUT2D eigenvalue weighted by Gasteiger charge is 2.36. The minimum atomic E-state index is -4.32. The van der Waals surface area contributed by atoms with E-state index in [0.29, 0.717) is 0 Å². The molecule has 0 aliphatic heterocycles. The van der Waals surface area contributed by atoms with Crippen molar-refractivity contribution in [1.82, 2.24) is 4.72 Å². The van der Waals surface area contributed by atoms with Crippen LogP contribution in [-0.2, 0) is 31.4 Å². The van der Waals surface area contributed by atoms with E-state index in [1.54, 1.807) is 24.3 Å². The van der Waals surface area contributed by atoms with Crippen LogP contribution in [-0.4, -0.2) is 41.0 Å². The van der Waals surface area contributed by atoms with Gasteiger partial charge in [0.05, 0.1) is 34.0 Å². The SMILES string of the molecule is Cc1ccc(S(=O)(=O)NCCCC(COCc2ccccc2)N(c2ccccc2[N+](=O)[O-])S(=O)(=O)c2ccc(C)cc2)cc1. The summed E-state index contributed by atoms with van der Waals surface area (Å²) in [6, 6.07) is 26.8. The zero-order valence-corrected chi connectivity index (χ0v) is 26.1. The van der Waals surface area contributed by atoms with Gasteiger partial charge < -0.3 is 4.74 Å². The Bertz CT molecular complexity index is 1760. The number of para-hydroxylation sites is 2. The molecule has 0 bridgehead atoms. The molecule has 0 aliphatic carbocycles. The number of nitro groups is 1. The first-order valence-corrected chi connectivity index (χ1v) is 16.9. The molecular formula is C32H35N3O7S2. The van der Waals surface area contributed by atoms with Gasteiger partial charge in [-0.1, -0.05) is 77.9 Å². The topological polar surface area (TPSA) is 136 Å². The molecule has 232 valence electrons. The molecule has 1 N–H and O–H groups in total. The summed E-state index contributed by atoms with van der Waals surface area (Å²) >= 11 is 0. The molecule has 1 unspecified atom stereocenters. The summed E-state index contributed by atoms with van der Waals surface area (Å²) in [6.45, 7) is 3.79. The number of nitrogens with zero attached hydrogens (tertiary/aromatic N) is 2. The predicted octanol–water partition coefficient (Wildman–Crippen LogP) is 5.75. The van der Waals surface area contributed by atoms with Crippen molar-refractivity contribution in [2.24, 2.45) is 0 Å². The van der Waals surface area contributed by atoms with Crippen molar-refractivity contribution >= 4 is 31.4 Å². The lowest BCUT2D eigenvalue weighted by atomic mass is 10.1. The third-order valence-corrected chi connectivity index (χ3v) is 10.3. The Balaban J connectivity index is 1.66. The maximum Gasteiger partial charge on any atom is 0.293 e. The molecule has 0 aromatic heterocycles. The summed E-state index contributed by atoms with van der Waals surface area (Å²) in [4.78, 5) is 11.5. The van der Waals surface area contributed by atoms with Crippen LogP contribution in [0.25, 0.3) is 0 Å². The highest BCUT2D eigenvalue weighted by molar-refractivity contribution is 7.93. The van der Waals surface area contributed by atoms with E-state index in [-0.39, 0.29) is 53.8 Å². The Morgan fingerprint density at radius 3 is 1.98 bits per heavy atom. The van der Waals surface area contributed by atoms with E-state index in [2.05, 4.69) is 4.72 Å². The molecule has 0 saturated carbocycles. The second-order valence-electron chi connectivity index (χ2n) is 10.4. The predicted molar refractivity (Wildman–Crippen MR) is 169 cm³/mol. The molecule has 0 radical (unpaired) electrons. The summed E-state index contributed by atoms with van der Waals surface area (Å²) in [6.07, 6.45) is 0.368. The van der Waals surface area contributed by atoms with Crippen molar-refractivity contribution in [3.63, 3.8) is 0 Å². The van der Waals surface area contributed by atoms with Gasteiger partial charge in [0.15, 0.2) is 0 Å². The molecule has 0 aliphatic rings. The molecule has 0 fully saturated rings. The maximum atomic E-state index is 14.2. The Morgan fingerprint density at radius 2 is 1.36 bits per heavy atom.